The van der Waals surface area contributed by atoms with E-state index in [4.69, 9.17) is 9.47 Å². The van der Waals surface area contributed by atoms with Crippen LogP contribution in [0.25, 0.3) is 0 Å². The maximum absolute atomic E-state index is 12.0. The number of esters is 1. The molecule has 1 aromatic rings. The van der Waals surface area contributed by atoms with E-state index in [1.165, 1.54) is 12.8 Å². The summed E-state index contributed by atoms with van der Waals surface area (Å²) in [6.07, 6.45) is 5.47. The Morgan fingerprint density at radius 1 is 1.24 bits per heavy atom. The lowest BCUT2D eigenvalue weighted by Crippen LogP contribution is -2.23. The molecule has 0 radical (unpaired) electrons. The van der Waals surface area contributed by atoms with Crippen molar-refractivity contribution in [2.24, 2.45) is 0 Å². The van der Waals surface area contributed by atoms with E-state index in [1.54, 1.807) is 12.1 Å². The van der Waals surface area contributed by atoms with Crippen LogP contribution in [-0.2, 0) is 9.47 Å². The lowest BCUT2D eigenvalue weighted by atomic mass is 10.1. The predicted molar refractivity (Wildman–Crippen MR) is 62.5 cm³/mol. The largest absolute Gasteiger partial charge is 0.427 e. The van der Waals surface area contributed by atoms with E-state index >= 15 is 0 Å². The molecule has 3 rings (SSSR count). The molecule has 17 heavy (non-hydrogen) atoms. The minimum atomic E-state index is -0.594. The number of ether oxygens (including phenoxy) is 2. The molecule has 90 valence electrons. The molecule has 0 amide bonds. The van der Waals surface area contributed by atoms with Crippen LogP contribution in [0.4, 0.5) is 0 Å². The number of epoxide rings is 1. The maximum Gasteiger partial charge on any atom is 0.340 e. The van der Waals surface area contributed by atoms with Crippen molar-refractivity contribution >= 4 is 5.97 Å². The molecule has 1 saturated heterocycles. The Morgan fingerprint density at radius 3 is 2.88 bits per heavy atom. The molecule has 0 spiro atoms. The van der Waals surface area contributed by atoms with Gasteiger partial charge < -0.3 is 9.47 Å². The van der Waals surface area contributed by atoms with Crippen molar-refractivity contribution < 1.29 is 14.3 Å². The summed E-state index contributed by atoms with van der Waals surface area (Å²) in [6.45, 7) is 0. The third-order valence-corrected chi connectivity index (χ3v) is 3.54. The van der Waals surface area contributed by atoms with Gasteiger partial charge in [0, 0.05) is 6.42 Å². The van der Waals surface area contributed by atoms with Crippen molar-refractivity contribution in [3.63, 3.8) is 0 Å². The zero-order chi connectivity index (χ0) is 11.7. The zero-order valence-corrected chi connectivity index (χ0v) is 9.72. The number of hydrogen-bond acceptors (Lipinski definition) is 3. The fraction of sp³-hybridized carbons (Fsp3) is 0.500. The van der Waals surface area contributed by atoms with E-state index in [0.717, 1.165) is 19.3 Å². The molecule has 2 aliphatic rings. The first-order valence-corrected chi connectivity index (χ1v) is 6.26. The third-order valence-electron chi connectivity index (χ3n) is 3.54. The van der Waals surface area contributed by atoms with Gasteiger partial charge in [0.05, 0.1) is 5.56 Å². The van der Waals surface area contributed by atoms with Crippen LogP contribution >= 0.6 is 0 Å². The molecule has 0 aromatic heterocycles. The van der Waals surface area contributed by atoms with E-state index in [2.05, 4.69) is 0 Å². The van der Waals surface area contributed by atoms with Crippen molar-refractivity contribution in [2.75, 3.05) is 0 Å². The smallest absolute Gasteiger partial charge is 0.340 e. The molecule has 1 saturated carbocycles. The Hall–Kier alpha value is -1.35. The second kappa shape index (κ2) is 4.15. The lowest BCUT2D eigenvalue weighted by Gasteiger charge is -2.12. The standard InChI is InChI=1S/C14H16O3/c15-13(11-7-3-1-4-8-11)17-14-10-6-2-5-9-12(14)16-14/h1,3-4,7-8,12H,2,5-6,9-10H2. The SMILES string of the molecule is O=C(OC12CCCCCC1O2)c1ccccc1. The van der Waals surface area contributed by atoms with Gasteiger partial charge in [0.25, 0.3) is 0 Å². The molecule has 1 aromatic carbocycles. The number of rotatable bonds is 2. The predicted octanol–water partition coefficient (Wildman–Crippen LogP) is 2.90. The molecule has 3 nitrogen and oxygen atoms in total. The average molecular weight is 232 g/mol. The molecular formula is C14H16O3. The first-order chi connectivity index (χ1) is 8.30. The van der Waals surface area contributed by atoms with Crippen molar-refractivity contribution in [3.05, 3.63) is 35.9 Å². The Balaban J connectivity index is 1.69. The molecule has 1 heterocycles. The highest BCUT2D eigenvalue weighted by Crippen LogP contribution is 2.47. The highest BCUT2D eigenvalue weighted by Gasteiger charge is 2.60. The van der Waals surface area contributed by atoms with E-state index in [1.807, 2.05) is 18.2 Å². The fourth-order valence-electron chi connectivity index (χ4n) is 2.51. The number of carbonyl (C=O) groups excluding carboxylic acids is 1. The summed E-state index contributed by atoms with van der Waals surface area (Å²) in [4.78, 5) is 12.0. The summed E-state index contributed by atoms with van der Waals surface area (Å²) >= 11 is 0. The van der Waals surface area contributed by atoms with Crippen LogP contribution in [0.3, 0.4) is 0 Å². The van der Waals surface area contributed by atoms with Gasteiger partial charge in [-0.2, -0.15) is 0 Å². The van der Waals surface area contributed by atoms with Gasteiger partial charge in [0.15, 0.2) is 0 Å². The molecule has 0 N–H and O–H groups in total. The zero-order valence-electron chi connectivity index (χ0n) is 9.72. The molecule has 2 fully saturated rings. The quantitative estimate of drug-likeness (QED) is 0.581. The number of hydrogen-bond donors (Lipinski definition) is 0. The second-order valence-corrected chi connectivity index (χ2v) is 4.77. The van der Waals surface area contributed by atoms with Crippen LogP contribution in [0.2, 0.25) is 0 Å². The van der Waals surface area contributed by atoms with E-state index in [-0.39, 0.29) is 12.1 Å². The maximum atomic E-state index is 12.0. The molecule has 3 heteroatoms. The van der Waals surface area contributed by atoms with E-state index in [0.29, 0.717) is 5.56 Å². The molecule has 2 unspecified atom stereocenters. The summed E-state index contributed by atoms with van der Waals surface area (Å²) in [5.74, 6) is -0.862. The summed E-state index contributed by atoms with van der Waals surface area (Å²) in [5.41, 5.74) is 0.598. The van der Waals surface area contributed by atoms with Gasteiger partial charge in [-0.1, -0.05) is 31.0 Å². The van der Waals surface area contributed by atoms with Gasteiger partial charge in [-0.05, 0) is 25.0 Å². The monoisotopic (exact) mass is 232 g/mol. The van der Waals surface area contributed by atoms with Crippen molar-refractivity contribution in [2.45, 2.75) is 44.0 Å². The summed E-state index contributed by atoms with van der Waals surface area (Å²) in [5, 5.41) is 0. The second-order valence-electron chi connectivity index (χ2n) is 4.77. The fourth-order valence-corrected chi connectivity index (χ4v) is 2.51. The summed E-state index contributed by atoms with van der Waals surface area (Å²) in [6, 6.07) is 9.11. The Kier molecular flexibility index (Phi) is 2.63. The highest BCUT2D eigenvalue weighted by atomic mass is 16.8. The van der Waals surface area contributed by atoms with Crippen molar-refractivity contribution in [1.29, 1.82) is 0 Å². The Morgan fingerprint density at radius 2 is 2.06 bits per heavy atom. The van der Waals surface area contributed by atoms with Crippen molar-refractivity contribution in [3.8, 4) is 0 Å². The van der Waals surface area contributed by atoms with Crippen LogP contribution in [0.15, 0.2) is 30.3 Å². The van der Waals surface area contributed by atoms with Crippen molar-refractivity contribution in [1.82, 2.24) is 0 Å². The van der Waals surface area contributed by atoms with Gasteiger partial charge in [-0.15, -0.1) is 0 Å². The lowest BCUT2D eigenvalue weighted by molar-refractivity contribution is -0.0229. The molecule has 1 aliphatic carbocycles. The van der Waals surface area contributed by atoms with Crippen LogP contribution in [-0.4, -0.2) is 17.9 Å². The summed E-state index contributed by atoms with van der Waals surface area (Å²) in [7, 11) is 0. The first kappa shape index (κ1) is 10.8. The van der Waals surface area contributed by atoms with Gasteiger partial charge >= 0.3 is 5.97 Å². The molecular weight excluding hydrogens is 216 g/mol. The number of carbonyl (C=O) groups is 1. The van der Waals surface area contributed by atoms with Crippen LogP contribution < -0.4 is 0 Å². The molecule has 2 atom stereocenters. The van der Waals surface area contributed by atoms with Crippen LogP contribution in [0.1, 0.15) is 42.5 Å². The van der Waals surface area contributed by atoms with Gasteiger partial charge in [0.2, 0.25) is 5.79 Å². The first-order valence-electron chi connectivity index (χ1n) is 6.26. The third kappa shape index (κ3) is 2.07. The molecule has 1 aliphatic heterocycles. The van der Waals surface area contributed by atoms with Crippen LogP contribution in [0.5, 0.6) is 0 Å². The summed E-state index contributed by atoms with van der Waals surface area (Å²) < 4.78 is 11.2. The minimum Gasteiger partial charge on any atom is -0.427 e. The Bertz CT molecular complexity index is 415. The topological polar surface area (TPSA) is 38.8 Å². The normalized spacial score (nSPS) is 31.2. The number of fused-ring (bicyclic) bond motifs is 1. The minimum absolute atomic E-state index is 0.137. The highest BCUT2D eigenvalue weighted by molar-refractivity contribution is 5.89. The molecule has 0 bridgehead atoms. The van der Waals surface area contributed by atoms with Crippen LogP contribution in [0, 0.1) is 0 Å². The average Bonchev–Trinajstić information content (AvgIpc) is 3.04. The number of benzene rings is 1. The Labute approximate surface area is 101 Å². The van der Waals surface area contributed by atoms with Gasteiger partial charge in [-0.25, -0.2) is 4.79 Å². The van der Waals surface area contributed by atoms with E-state index in [9.17, 15) is 4.79 Å². The van der Waals surface area contributed by atoms with Gasteiger partial charge in [-0.3, -0.25) is 0 Å². The van der Waals surface area contributed by atoms with E-state index < -0.39 is 5.79 Å². The van der Waals surface area contributed by atoms with Gasteiger partial charge in [0.1, 0.15) is 6.10 Å².